The van der Waals surface area contributed by atoms with Crippen molar-refractivity contribution in [3.8, 4) is 11.3 Å². The number of hydrogen-bond acceptors (Lipinski definition) is 0. The second kappa shape index (κ2) is 3.01. The molecule has 0 saturated heterocycles. The molecule has 1 aromatic carbocycles. The number of hydrogen-bond donors (Lipinski definition) is 1. The highest BCUT2D eigenvalue weighted by Crippen LogP contribution is 2.23. The van der Waals surface area contributed by atoms with Crippen LogP contribution in [0, 0.1) is 11.6 Å². The molecule has 1 heterocycles. The summed E-state index contributed by atoms with van der Waals surface area (Å²) in [5.74, 6) is -1.11. The molecule has 0 unspecified atom stereocenters. The van der Waals surface area contributed by atoms with E-state index in [-0.39, 0.29) is 5.56 Å². The number of nitrogens with one attached hydrogen (secondary N) is 1. The number of aromatic amines is 1. The summed E-state index contributed by atoms with van der Waals surface area (Å²) in [5.41, 5.74) is 0.447. The van der Waals surface area contributed by atoms with Gasteiger partial charge in [0.25, 0.3) is 0 Å². The second-order valence-corrected chi connectivity index (χ2v) is 2.68. The number of H-pyrrole nitrogens is 1. The molecule has 2 aromatic rings. The maximum atomic E-state index is 13.2. The number of benzene rings is 1. The first kappa shape index (κ1) is 7.98. The van der Waals surface area contributed by atoms with Gasteiger partial charge in [0, 0.05) is 6.20 Å². The molecule has 2 rings (SSSR count). The minimum atomic E-state index is -0.553. The smallest absolute Gasteiger partial charge is 0.135 e. The Bertz CT molecular complexity index is 387. The number of halogens is 2. The topological polar surface area (TPSA) is 15.8 Å². The molecule has 0 bridgehead atoms. The number of aromatic nitrogens is 1. The van der Waals surface area contributed by atoms with Gasteiger partial charge in [-0.25, -0.2) is 8.78 Å². The standard InChI is InChI=1S/C10H7F2N/c11-7-3-1-4-8(12)10(7)9-5-2-6-13-9/h1-6,13H. The van der Waals surface area contributed by atoms with Crippen LogP contribution < -0.4 is 0 Å². The molecular weight excluding hydrogens is 172 g/mol. The van der Waals surface area contributed by atoms with Crippen molar-refractivity contribution in [2.75, 3.05) is 0 Å². The summed E-state index contributed by atoms with van der Waals surface area (Å²) in [6, 6.07) is 7.14. The molecule has 0 amide bonds. The van der Waals surface area contributed by atoms with Gasteiger partial charge in [-0.1, -0.05) is 6.07 Å². The molecule has 0 radical (unpaired) electrons. The Morgan fingerprint density at radius 1 is 0.923 bits per heavy atom. The van der Waals surface area contributed by atoms with E-state index in [9.17, 15) is 8.78 Å². The lowest BCUT2D eigenvalue weighted by Gasteiger charge is -2.01. The Morgan fingerprint density at radius 2 is 1.62 bits per heavy atom. The SMILES string of the molecule is Fc1cccc(F)c1-c1ccc[nH]1. The van der Waals surface area contributed by atoms with Crippen molar-refractivity contribution in [1.82, 2.24) is 4.98 Å². The minimum absolute atomic E-state index is 0.00694. The fourth-order valence-electron chi connectivity index (χ4n) is 1.24. The van der Waals surface area contributed by atoms with E-state index in [1.165, 1.54) is 18.2 Å². The first-order valence-electron chi connectivity index (χ1n) is 3.87. The molecule has 0 fully saturated rings. The molecule has 3 heteroatoms. The highest BCUT2D eigenvalue weighted by molar-refractivity contribution is 5.60. The Kier molecular flexibility index (Phi) is 1.85. The molecule has 0 saturated carbocycles. The van der Waals surface area contributed by atoms with Gasteiger partial charge in [0.1, 0.15) is 11.6 Å². The molecule has 0 spiro atoms. The first-order chi connectivity index (χ1) is 6.29. The molecular formula is C10H7F2N. The van der Waals surface area contributed by atoms with Crippen molar-refractivity contribution in [3.63, 3.8) is 0 Å². The van der Waals surface area contributed by atoms with Crippen LogP contribution in [0.15, 0.2) is 36.5 Å². The summed E-state index contributed by atoms with van der Waals surface area (Å²) < 4.78 is 26.3. The molecule has 0 aliphatic heterocycles. The van der Waals surface area contributed by atoms with Crippen LogP contribution in [0.4, 0.5) is 8.78 Å². The van der Waals surface area contributed by atoms with Crippen LogP contribution in [0.25, 0.3) is 11.3 Å². The van der Waals surface area contributed by atoms with E-state index in [0.29, 0.717) is 5.69 Å². The predicted molar refractivity (Wildman–Crippen MR) is 46.1 cm³/mol. The van der Waals surface area contributed by atoms with E-state index in [1.807, 2.05) is 0 Å². The lowest BCUT2D eigenvalue weighted by Crippen LogP contribution is -1.88. The molecule has 0 aliphatic rings. The van der Waals surface area contributed by atoms with Crippen molar-refractivity contribution >= 4 is 0 Å². The molecule has 1 nitrogen and oxygen atoms in total. The van der Waals surface area contributed by atoms with E-state index in [2.05, 4.69) is 4.98 Å². The lowest BCUT2D eigenvalue weighted by atomic mass is 10.1. The van der Waals surface area contributed by atoms with Crippen molar-refractivity contribution in [1.29, 1.82) is 0 Å². The van der Waals surface area contributed by atoms with Gasteiger partial charge in [0.05, 0.1) is 11.3 Å². The van der Waals surface area contributed by atoms with Gasteiger partial charge in [-0.15, -0.1) is 0 Å². The van der Waals surface area contributed by atoms with E-state index in [0.717, 1.165) is 0 Å². The maximum Gasteiger partial charge on any atom is 0.135 e. The lowest BCUT2D eigenvalue weighted by molar-refractivity contribution is 0.589. The summed E-state index contributed by atoms with van der Waals surface area (Å²) in [4.78, 5) is 2.76. The highest BCUT2D eigenvalue weighted by atomic mass is 19.1. The van der Waals surface area contributed by atoms with Crippen LogP contribution in [-0.2, 0) is 0 Å². The Hall–Kier alpha value is -1.64. The third-order valence-corrected chi connectivity index (χ3v) is 1.83. The largest absolute Gasteiger partial charge is 0.361 e. The zero-order chi connectivity index (χ0) is 9.26. The third kappa shape index (κ3) is 1.33. The van der Waals surface area contributed by atoms with E-state index in [1.54, 1.807) is 18.3 Å². The summed E-state index contributed by atoms with van der Waals surface area (Å²) in [6.07, 6.45) is 1.63. The van der Waals surface area contributed by atoms with Crippen LogP contribution in [0.3, 0.4) is 0 Å². The molecule has 13 heavy (non-hydrogen) atoms. The van der Waals surface area contributed by atoms with Crippen LogP contribution in [0.5, 0.6) is 0 Å². The van der Waals surface area contributed by atoms with Gasteiger partial charge in [-0.2, -0.15) is 0 Å². The Labute approximate surface area is 74.0 Å². The molecule has 0 aliphatic carbocycles. The summed E-state index contributed by atoms with van der Waals surface area (Å²) >= 11 is 0. The quantitative estimate of drug-likeness (QED) is 0.692. The normalized spacial score (nSPS) is 10.3. The summed E-state index contributed by atoms with van der Waals surface area (Å²) in [7, 11) is 0. The number of rotatable bonds is 1. The van der Waals surface area contributed by atoms with Crippen molar-refractivity contribution in [2.24, 2.45) is 0 Å². The maximum absolute atomic E-state index is 13.2. The van der Waals surface area contributed by atoms with Gasteiger partial charge < -0.3 is 4.98 Å². The van der Waals surface area contributed by atoms with Crippen LogP contribution in [-0.4, -0.2) is 4.98 Å². The molecule has 0 atom stereocenters. The predicted octanol–water partition coefficient (Wildman–Crippen LogP) is 2.96. The fourth-order valence-corrected chi connectivity index (χ4v) is 1.24. The Morgan fingerprint density at radius 3 is 2.15 bits per heavy atom. The second-order valence-electron chi connectivity index (χ2n) is 2.68. The third-order valence-electron chi connectivity index (χ3n) is 1.83. The van der Waals surface area contributed by atoms with Gasteiger partial charge in [0.15, 0.2) is 0 Å². The minimum Gasteiger partial charge on any atom is -0.361 e. The highest BCUT2D eigenvalue weighted by Gasteiger charge is 2.10. The first-order valence-corrected chi connectivity index (χ1v) is 3.87. The zero-order valence-electron chi connectivity index (χ0n) is 6.72. The van der Waals surface area contributed by atoms with E-state index in [4.69, 9.17) is 0 Å². The van der Waals surface area contributed by atoms with E-state index < -0.39 is 11.6 Å². The summed E-state index contributed by atoms with van der Waals surface area (Å²) in [6.45, 7) is 0. The van der Waals surface area contributed by atoms with Crippen molar-refractivity contribution in [3.05, 3.63) is 48.2 Å². The van der Waals surface area contributed by atoms with Crippen molar-refractivity contribution < 1.29 is 8.78 Å². The zero-order valence-corrected chi connectivity index (χ0v) is 6.72. The average molecular weight is 179 g/mol. The van der Waals surface area contributed by atoms with Crippen LogP contribution in [0.1, 0.15) is 0 Å². The van der Waals surface area contributed by atoms with Gasteiger partial charge in [0.2, 0.25) is 0 Å². The fraction of sp³-hybridized carbons (Fsp3) is 0. The van der Waals surface area contributed by atoms with Gasteiger partial charge >= 0.3 is 0 Å². The molecule has 1 aromatic heterocycles. The molecule has 1 N–H and O–H groups in total. The monoisotopic (exact) mass is 179 g/mol. The summed E-state index contributed by atoms with van der Waals surface area (Å²) in [5, 5.41) is 0. The van der Waals surface area contributed by atoms with Crippen molar-refractivity contribution in [2.45, 2.75) is 0 Å². The van der Waals surface area contributed by atoms with Crippen LogP contribution in [0.2, 0.25) is 0 Å². The van der Waals surface area contributed by atoms with Gasteiger partial charge in [-0.3, -0.25) is 0 Å². The Balaban J connectivity index is 2.64. The average Bonchev–Trinajstić information content (AvgIpc) is 2.57. The van der Waals surface area contributed by atoms with E-state index >= 15 is 0 Å². The van der Waals surface area contributed by atoms with Gasteiger partial charge in [-0.05, 0) is 24.3 Å². The van der Waals surface area contributed by atoms with Crippen LogP contribution >= 0.6 is 0 Å². The molecule has 66 valence electrons.